The molecule has 0 unspecified atom stereocenters. The maximum Gasteiger partial charge on any atom is 0.341 e. The van der Waals surface area contributed by atoms with E-state index in [1.54, 1.807) is 18.5 Å². The molecule has 2 aromatic rings. The maximum absolute atomic E-state index is 11.6. The summed E-state index contributed by atoms with van der Waals surface area (Å²) in [5, 5.41) is 3.43. The third-order valence-corrected chi connectivity index (χ3v) is 2.69. The number of esters is 1. The van der Waals surface area contributed by atoms with E-state index in [0.717, 1.165) is 5.56 Å². The van der Waals surface area contributed by atoms with Crippen LogP contribution in [-0.2, 0) is 11.3 Å². The number of ether oxygens (including phenoxy) is 1. The highest BCUT2D eigenvalue weighted by molar-refractivity contribution is 6.29. The summed E-state index contributed by atoms with van der Waals surface area (Å²) in [6.07, 6.45) is 4.83. The number of anilines is 1. The summed E-state index contributed by atoms with van der Waals surface area (Å²) in [6, 6.07) is 5.36. The van der Waals surface area contributed by atoms with Crippen LogP contribution in [0.25, 0.3) is 0 Å². The first-order chi connectivity index (χ1) is 9.20. The molecule has 1 N–H and O–H groups in total. The Bertz CT molecular complexity index is 575. The zero-order valence-corrected chi connectivity index (χ0v) is 11.0. The van der Waals surface area contributed by atoms with Crippen molar-refractivity contribution < 1.29 is 9.53 Å². The lowest BCUT2D eigenvalue weighted by molar-refractivity contribution is 0.0601. The smallest absolute Gasteiger partial charge is 0.341 e. The summed E-state index contributed by atoms with van der Waals surface area (Å²) in [6.45, 7) is 0.526. The van der Waals surface area contributed by atoms with E-state index in [4.69, 9.17) is 16.3 Å². The highest BCUT2D eigenvalue weighted by atomic mass is 35.5. The Morgan fingerprint density at radius 3 is 3.00 bits per heavy atom. The van der Waals surface area contributed by atoms with Gasteiger partial charge in [0, 0.05) is 25.1 Å². The summed E-state index contributed by atoms with van der Waals surface area (Å²) in [7, 11) is 1.32. The molecular formula is C13H12ClN3O2. The fourth-order valence-corrected chi connectivity index (χ4v) is 1.71. The number of methoxy groups -OCH3 is 1. The minimum absolute atomic E-state index is 0.307. The van der Waals surface area contributed by atoms with E-state index in [-0.39, 0.29) is 0 Å². The van der Waals surface area contributed by atoms with Gasteiger partial charge in [0.2, 0.25) is 0 Å². The third-order valence-electron chi connectivity index (χ3n) is 2.48. The number of carbonyl (C=O) groups excluding carboxylic acids is 1. The molecule has 0 atom stereocenters. The van der Waals surface area contributed by atoms with Crippen LogP contribution in [0.4, 0.5) is 5.69 Å². The van der Waals surface area contributed by atoms with Crippen LogP contribution in [0.15, 0.2) is 36.8 Å². The Morgan fingerprint density at radius 2 is 2.32 bits per heavy atom. The van der Waals surface area contributed by atoms with E-state index in [9.17, 15) is 4.79 Å². The molecule has 5 nitrogen and oxygen atoms in total. The molecule has 0 amide bonds. The minimum Gasteiger partial charge on any atom is -0.465 e. The Hall–Kier alpha value is -2.14. The van der Waals surface area contributed by atoms with Gasteiger partial charge in [-0.25, -0.2) is 9.78 Å². The molecular weight excluding hydrogens is 266 g/mol. The first-order valence-corrected chi connectivity index (χ1v) is 5.95. The summed E-state index contributed by atoms with van der Waals surface area (Å²) >= 11 is 5.83. The monoisotopic (exact) mass is 277 g/mol. The molecule has 6 heteroatoms. The molecule has 0 saturated heterocycles. The number of nitrogens with zero attached hydrogens (tertiary/aromatic N) is 2. The molecule has 0 bridgehead atoms. The number of hydrogen-bond acceptors (Lipinski definition) is 5. The van der Waals surface area contributed by atoms with Gasteiger partial charge in [0.05, 0.1) is 12.8 Å². The van der Waals surface area contributed by atoms with Gasteiger partial charge in [-0.1, -0.05) is 17.7 Å². The van der Waals surface area contributed by atoms with Crippen molar-refractivity contribution >= 4 is 23.3 Å². The summed E-state index contributed by atoms with van der Waals surface area (Å²) in [5.74, 6) is -0.460. The second-order valence-corrected chi connectivity index (χ2v) is 4.15. The summed E-state index contributed by atoms with van der Waals surface area (Å²) in [5.41, 5.74) is 1.91. The highest BCUT2D eigenvalue weighted by Gasteiger charge is 2.12. The predicted molar refractivity (Wildman–Crippen MR) is 72.2 cm³/mol. The fraction of sp³-hybridized carbons (Fsp3) is 0.154. The van der Waals surface area contributed by atoms with Gasteiger partial charge in [-0.05, 0) is 17.7 Å². The van der Waals surface area contributed by atoms with Gasteiger partial charge in [0.1, 0.15) is 10.7 Å². The van der Waals surface area contributed by atoms with Crippen LogP contribution in [-0.4, -0.2) is 23.0 Å². The molecule has 0 spiro atoms. The van der Waals surface area contributed by atoms with Crippen molar-refractivity contribution in [1.82, 2.24) is 9.97 Å². The molecule has 0 aliphatic heterocycles. The van der Waals surface area contributed by atoms with Crippen molar-refractivity contribution in [1.29, 1.82) is 0 Å². The highest BCUT2D eigenvalue weighted by Crippen LogP contribution is 2.20. The molecule has 0 aliphatic carbocycles. The lowest BCUT2D eigenvalue weighted by atomic mass is 10.2. The van der Waals surface area contributed by atoms with E-state index in [0.29, 0.717) is 22.9 Å². The van der Waals surface area contributed by atoms with Crippen molar-refractivity contribution in [3.05, 3.63) is 53.1 Å². The molecule has 0 radical (unpaired) electrons. The number of rotatable bonds is 4. The molecule has 98 valence electrons. The first-order valence-electron chi connectivity index (χ1n) is 5.57. The van der Waals surface area contributed by atoms with E-state index >= 15 is 0 Å². The molecule has 0 aliphatic rings. The van der Waals surface area contributed by atoms with Crippen molar-refractivity contribution in [3.8, 4) is 0 Å². The van der Waals surface area contributed by atoms with Gasteiger partial charge in [0.25, 0.3) is 0 Å². The van der Waals surface area contributed by atoms with Gasteiger partial charge in [-0.2, -0.15) is 0 Å². The lowest BCUT2D eigenvalue weighted by Gasteiger charge is -2.10. The molecule has 0 aromatic carbocycles. The number of pyridine rings is 2. The number of halogens is 1. The van der Waals surface area contributed by atoms with Crippen molar-refractivity contribution in [2.24, 2.45) is 0 Å². The van der Waals surface area contributed by atoms with Gasteiger partial charge >= 0.3 is 5.97 Å². The minimum atomic E-state index is -0.460. The van der Waals surface area contributed by atoms with Crippen LogP contribution in [0, 0.1) is 0 Å². The zero-order chi connectivity index (χ0) is 13.7. The molecule has 2 rings (SSSR count). The van der Waals surface area contributed by atoms with E-state index in [1.807, 2.05) is 12.1 Å². The predicted octanol–water partition coefficient (Wildman–Crippen LogP) is 2.53. The summed E-state index contributed by atoms with van der Waals surface area (Å²) in [4.78, 5) is 19.5. The number of hydrogen-bond donors (Lipinski definition) is 1. The van der Waals surface area contributed by atoms with Crippen molar-refractivity contribution in [2.45, 2.75) is 6.54 Å². The van der Waals surface area contributed by atoms with Gasteiger partial charge in [0.15, 0.2) is 0 Å². The van der Waals surface area contributed by atoms with Gasteiger partial charge < -0.3 is 10.1 Å². The molecule has 0 fully saturated rings. The molecule has 0 saturated carbocycles. The van der Waals surface area contributed by atoms with Gasteiger partial charge in [-0.3, -0.25) is 4.98 Å². The molecule has 2 heterocycles. The Balaban J connectivity index is 2.19. The Morgan fingerprint density at radius 1 is 1.47 bits per heavy atom. The largest absolute Gasteiger partial charge is 0.465 e. The summed E-state index contributed by atoms with van der Waals surface area (Å²) < 4.78 is 4.69. The van der Waals surface area contributed by atoms with Crippen molar-refractivity contribution in [2.75, 3.05) is 12.4 Å². The van der Waals surface area contributed by atoms with E-state index < -0.39 is 5.97 Å². The lowest BCUT2D eigenvalue weighted by Crippen LogP contribution is -2.09. The quantitative estimate of drug-likeness (QED) is 0.687. The SMILES string of the molecule is COC(=O)c1cnc(Cl)cc1NCc1cccnc1. The number of nitrogens with one attached hydrogen (secondary N) is 1. The van der Waals surface area contributed by atoms with Crippen LogP contribution in [0.5, 0.6) is 0 Å². The number of carbonyl (C=O) groups is 1. The van der Waals surface area contributed by atoms with Crippen LogP contribution >= 0.6 is 11.6 Å². The van der Waals surface area contributed by atoms with Crippen LogP contribution in [0.1, 0.15) is 15.9 Å². The number of aromatic nitrogens is 2. The van der Waals surface area contributed by atoms with Crippen LogP contribution in [0.3, 0.4) is 0 Å². The zero-order valence-electron chi connectivity index (χ0n) is 10.3. The second kappa shape index (κ2) is 6.15. The van der Waals surface area contributed by atoms with E-state index in [1.165, 1.54) is 13.3 Å². The average molecular weight is 278 g/mol. The standard InChI is InChI=1S/C13H12ClN3O2/c1-19-13(18)10-8-17-12(14)5-11(10)16-7-9-3-2-4-15-6-9/h2-6,8H,7H2,1H3,(H,16,17). The fourth-order valence-electron chi connectivity index (χ4n) is 1.55. The second-order valence-electron chi connectivity index (χ2n) is 3.76. The van der Waals surface area contributed by atoms with E-state index in [2.05, 4.69) is 15.3 Å². The maximum atomic E-state index is 11.6. The van der Waals surface area contributed by atoms with Crippen LogP contribution in [0.2, 0.25) is 5.15 Å². The third kappa shape index (κ3) is 3.42. The first kappa shape index (κ1) is 13.3. The Labute approximate surface area is 115 Å². The average Bonchev–Trinajstić information content (AvgIpc) is 2.45. The molecule has 19 heavy (non-hydrogen) atoms. The van der Waals surface area contributed by atoms with Crippen LogP contribution < -0.4 is 5.32 Å². The van der Waals surface area contributed by atoms with Gasteiger partial charge in [-0.15, -0.1) is 0 Å². The molecule has 2 aromatic heterocycles. The Kier molecular flexibility index (Phi) is 4.30. The topological polar surface area (TPSA) is 64.1 Å². The normalized spacial score (nSPS) is 10.0. The van der Waals surface area contributed by atoms with Crippen molar-refractivity contribution in [3.63, 3.8) is 0 Å².